The van der Waals surface area contributed by atoms with Crippen LogP contribution in [-0.4, -0.2) is 40.0 Å². The highest BCUT2D eigenvalue weighted by molar-refractivity contribution is 7.89. The quantitative estimate of drug-likeness (QED) is 0.674. The summed E-state index contributed by atoms with van der Waals surface area (Å²) in [4.78, 5) is 12.9. The normalized spacial score (nSPS) is 16.3. The van der Waals surface area contributed by atoms with Crippen molar-refractivity contribution in [1.82, 2.24) is 18.5 Å². The number of benzene rings is 1. The van der Waals surface area contributed by atoms with Gasteiger partial charge in [-0.2, -0.15) is 4.31 Å². The van der Waals surface area contributed by atoms with Crippen molar-refractivity contribution in [3.63, 3.8) is 0 Å². The number of fused-ring (bicyclic) bond motifs is 1. The summed E-state index contributed by atoms with van der Waals surface area (Å²) in [5, 5.41) is 4.34. The molecule has 0 atom stereocenters. The van der Waals surface area contributed by atoms with Gasteiger partial charge in [0.15, 0.2) is 5.65 Å². The number of aromatic nitrogens is 3. The fraction of sp³-hybridized carbons (Fsp3) is 0.400. The Hall–Kier alpha value is -2.45. The van der Waals surface area contributed by atoms with Gasteiger partial charge in [-0.15, -0.1) is 5.10 Å². The largest absolute Gasteiger partial charge is 0.350 e. The average Bonchev–Trinajstić information content (AvgIpc) is 2.87. The van der Waals surface area contributed by atoms with Crippen LogP contribution in [-0.2, 0) is 16.6 Å². The molecule has 0 saturated carbocycles. The molecule has 0 amide bonds. The second-order valence-electron chi connectivity index (χ2n) is 7.34. The topological polar surface area (TPSA) is 76.7 Å². The van der Waals surface area contributed by atoms with E-state index in [0.29, 0.717) is 25.3 Å². The average molecular weight is 401 g/mol. The fourth-order valence-electron chi connectivity index (χ4n) is 3.55. The summed E-state index contributed by atoms with van der Waals surface area (Å²) < 4.78 is 30.2. The monoisotopic (exact) mass is 400 g/mol. The van der Waals surface area contributed by atoms with Crippen LogP contribution in [0.1, 0.15) is 36.8 Å². The van der Waals surface area contributed by atoms with E-state index in [1.165, 1.54) is 25.7 Å². The molecule has 28 heavy (non-hydrogen) atoms. The van der Waals surface area contributed by atoms with E-state index in [2.05, 4.69) is 5.10 Å². The maximum Gasteiger partial charge on any atom is 0.350 e. The van der Waals surface area contributed by atoms with Crippen molar-refractivity contribution >= 4 is 15.7 Å². The van der Waals surface area contributed by atoms with Gasteiger partial charge in [0.2, 0.25) is 10.0 Å². The summed E-state index contributed by atoms with van der Waals surface area (Å²) in [7, 11) is -3.61. The number of sulfonamides is 1. The van der Waals surface area contributed by atoms with Gasteiger partial charge in [-0.25, -0.2) is 22.3 Å². The van der Waals surface area contributed by atoms with Crippen LogP contribution in [0.4, 0.5) is 0 Å². The third-order valence-electron chi connectivity index (χ3n) is 5.21. The van der Waals surface area contributed by atoms with Crippen molar-refractivity contribution in [3.05, 3.63) is 64.2 Å². The lowest BCUT2D eigenvalue weighted by Crippen LogP contribution is -2.32. The Morgan fingerprint density at radius 1 is 0.964 bits per heavy atom. The molecule has 3 aromatic rings. The molecular formula is C20H24N4O3S. The molecule has 1 aliphatic rings. The lowest BCUT2D eigenvalue weighted by Gasteiger charge is -2.19. The Kier molecular flexibility index (Phi) is 5.07. The maximum atomic E-state index is 13.0. The number of hydrogen-bond acceptors (Lipinski definition) is 4. The van der Waals surface area contributed by atoms with E-state index in [1.54, 1.807) is 6.07 Å². The molecule has 0 radical (unpaired) electrons. The molecule has 0 unspecified atom stereocenters. The lowest BCUT2D eigenvalue weighted by molar-refractivity contribution is 0.423. The molecule has 3 heterocycles. The van der Waals surface area contributed by atoms with Gasteiger partial charge >= 0.3 is 5.69 Å². The number of aryl methyl sites for hydroxylation is 1. The zero-order valence-corrected chi connectivity index (χ0v) is 16.7. The SMILES string of the molecule is Cc1ccc(Cn2nc3ccc(S(=O)(=O)N4CCCCCC4)cn3c2=O)cc1. The molecule has 4 rings (SSSR count). The van der Waals surface area contributed by atoms with Gasteiger partial charge < -0.3 is 0 Å². The van der Waals surface area contributed by atoms with Gasteiger partial charge in [-0.05, 0) is 37.5 Å². The van der Waals surface area contributed by atoms with E-state index in [1.807, 2.05) is 31.2 Å². The van der Waals surface area contributed by atoms with Crippen LogP contribution in [0.25, 0.3) is 5.65 Å². The van der Waals surface area contributed by atoms with Crippen molar-refractivity contribution in [2.45, 2.75) is 44.0 Å². The van der Waals surface area contributed by atoms with Gasteiger partial charge in [-0.1, -0.05) is 42.7 Å². The highest BCUT2D eigenvalue weighted by atomic mass is 32.2. The minimum atomic E-state index is -3.61. The molecule has 8 heteroatoms. The van der Waals surface area contributed by atoms with Gasteiger partial charge in [0.1, 0.15) is 0 Å². The van der Waals surface area contributed by atoms with Gasteiger partial charge in [-0.3, -0.25) is 0 Å². The summed E-state index contributed by atoms with van der Waals surface area (Å²) in [6, 6.07) is 11.0. The first kappa shape index (κ1) is 18.9. The Balaban J connectivity index is 1.68. The zero-order valence-electron chi connectivity index (χ0n) is 15.9. The number of rotatable bonds is 4. The fourth-order valence-corrected chi connectivity index (χ4v) is 5.07. The van der Waals surface area contributed by atoms with Crippen LogP contribution in [0.15, 0.2) is 52.3 Å². The summed E-state index contributed by atoms with van der Waals surface area (Å²) in [5.74, 6) is 0. The number of pyridine rings is 1. The molecule has 1 aliphatic heterocycles. The molecule has 0 spiro atoms. The second-order valence-corrected chi connectivity index (χ2v) is 9.28. The molecule has 0 aliphatic carbocycles. The Morgan fingerprint density at radius 2 is 1.64 bits per heavy atom. The van der Waals surface area contributed by atoms with Crippen molar-refractivity contribution in [2.75, 3.05) is 13.1 Å². The summed E-state index contributed by atoms with van der Waals surface area (Å²) in [6.07, 6.45) is 5.24. The first-order valence-electron chi connectivity index (χ1n) is 9.60. The van der Waals surface area contributed by atoms with E-state index in [4.69, 9.17) is 0 Å². The molecule has 0 bridgehead atoms. The standard InChI is InChI=1S/C20H24N4O3S/c1-16-6-8-17(9-7-16)14-24-20(25)23-15-18(10-11-19(23)21-24)28(26,27)22-12-4-2-3-5-13-22/h6-11,15H,2-5,12-14H2,1H3. The van der Waals surface area contributed by atoms with Crippen molar-refractivity contribution < 1.29 is 8.42 Å². The van der Waals surface area contributed by atoms with E-state index in [9.17, 15) is 13.2 Å². The Morgan fingerprint density at radius 3 is 2.32 bits per heavy atom. The first-order chi connectivity index (χ1) is 13.4. The van der Waals surface area contributed by atoms with Crippen LogP contribution in [0.2, 0.25) is 0 Å². The van der Waals surface area contributed by atoms with Gasteiger partial charge in [0, 0.05) is 19.3 Å². The Bertz CT molecular complexity index is 1140. The predicted octanol–water partition coefficient (Wildman–Crippen LogP) is 2.42. The summed E-state index contributed by atoms with van der Waals surface area (Å²) >= 11 is 0. The molecule has 148 valence electrons. The molecule has 1 saturated heterocycles. The molecule has 1 aromatic carbocycles. The van der Waals surface area contributed by atoms with Crippen LogP contribution in [0.3, 0.4) is 0 Å². The minimum absolute atomic E-state index is 0.138. The van der Waals surface area contributed by atoms with Crippen LogP contribution in [0.5, 0.6) is 0 Å². The minimum Gasteiger partial charge on any atom is -0.249 e. The van der Waals surface area contributed by atoms with E-state index in [-0.39, 0.29) is 10.6 Å². The zero-order chi connectivity index (χ0) is 19.7. The van der Waals surface area contributed by atoms with Crippen LogP contribution >= 0.6 is 0 Å². The van der Waals surface area contributed by atoms with Crippen LogP contribution < -0.4 is 5.69 Å². The van der Waals surface area contributed by atoms with Crippen molar-refractivity contribution in [2.24, 2.45) is 0 Å². The number of nitrogens with zero attached hydrogens (tertiary/aromatic N) is 4. The molecule has 0 N–H and O–H groups in total. The first-order valence-corrected chi connectivity index (χ1v) is 11.0. The molecular weight excluding hydrogens is 376 g/mol. The summed E-state index contributed by atoms with van der Waals surface area (Å²) in [5.41, 5.74) is 2.21. The predicted molar refractivity (Wildman–Crippen MR) is 107 cm³/mol. The molecule has 7 nitrogen and oxygen atoms in total. The maximum absolute atomic E-state index is 13.0. The van der Waals surface area contributed by atoms with Crippen LogP contribution in [0, 0.1) is 6.92 Å². The van der Waals surface area contributed by atoms with Crippen molar-refractivity contribution in [1.29, 1.82) is 0 Å². The third kappa shape index (κ3) is 3.62. The van der Waals surface area contributed by atoms with Gasteiger partial charge in [0.05, 0.1) is 11.4 Å². The summed E-state index contributed by atoms with van der Waals surface area (Å²) in [6.45, 7) is 3.41. The molecule has 1 fully saturated rings. The smallest absolute Gasteiger partial charge is 0.249 e. The van der Waals surface area contributed by atoms with E-state index in [0.717, 1.165) is 36.8 Å². The second kappa shape index (κ2) is 7.52. The van der Waals surface area contributed by atoms with Gasteiger partial charge in [0.25, 0.3) is 0 Å². The van der Waals surface area contributed by atoms with E-state index >= 15 is 0 Å². The highest BCUT2D eigenvalue weighted by Crippen LogP contribution is 2.20. The number of hydrogen-bond donors (Lipinski definition) is 0. The Labute approximate surface area is 164 Å². The highest BCUT2D eigenvalue weighted by Gasteiger charge is 2.26. The lowest BCUT2D eigenvalue weighted by atomic mass is 10.1. The third-order valence-corrected chi connectivity index (χ3v) is 7.09. The van der Waals surface area contributed by atoms with E-state index < -0.39 is 10.0 Å². The molecule has 2 aromatic heterocycles. The van der Waals surface area contributed by atoms with Crippen molar-refractivity contribution in [3.8, 4) is 0 Å².